The van der Waals surface area contributed by atoms with Crippen LogP contribution in [0.25, 0.3) is 0 Å². The Morgan fingerprint density at radius 1 is 1.16 bits per heavy atom. The van der Waals surface area contributed by atoms with Crippen LogP contribution in [0.15, 0.2) is 16.6 Å². The standard InChI is InChI=1S/C18H26N4O2S/c1-13(23)20-14-7-9-16(10-8-14)22(15-5-3-2-4-6-15)18(24)21-17-19-11-12-25-17/h11-12,15-16H,2-10H2,1H3,(H,19,21,24). The Bertz CT molecular complexity index is 613. The van der Waals surface area contributed by atoms with Crippen molar-refractivity contribution < 1.29 is 9.59 Å². The minimum atomic E-state index is -0.126. The number of nitrogens with zero attached hydrogens (tertiary/aromatic N) is 3. The molecule has 136 valence electrons. The van der Waals surface area contributed by atoms with Gasteiger partial charge in [-0.2, -0.15) is 0 Å². The van der Waals surface area contributed by atoms with Gasteiger partial charge in [0.15, 0.2) is 5.13 Å². The molecule has 3 amide bonds. The largest absolute Gasteiger partial charge is 0.324 e. The van der Waals surface area contributed by atoms with Crippen LogP contribution in [0.5, 0.6) is 0 Å². The van der Waals surface area contributed by atoms with Crippen LogP contribution in [-0.2, 0) is 4.79 Å². The van der Waals surface area contributed by atoms with Gasteiger partial charge >= 0.3 is 6.03 Å². The van der Waals surface area contributed by atoms with Crippen molar-refractivity contribution >= 4 is 34.1 Å². The highest BCUT2D eigenvalue weighted by Crippen LogP contribution is 2.30. The van der Waals surface area contributed by atoms with Gasteiger partial charge in [0.25, 0.3) is 0 Å². The highest BCUT2D eigenvalue weighted by molar-refractivity contribution is 7.13. The van der Waals surface area contributed by atoms with Gasteiger partial charge in [0.05, 0.1) is 0 Å². The van der Waals surface area contributed by atoms with Crippen LogP contribution >= 0.6 is 11.3 Å². The number of aromatic nitrogens is 1. The Labute approximate surface area is 152 Å². The lowest BCUT2D eigenvalue weighted by molar-refractivity contribution is -0.115. The van der Waals surface area contributed by atoms with E-state index in [9.17, 15) is 9.59 Å². The Hall–Kier alpha value is -1.76. The molecule has 2 aliphatic carbocycles. The van der Waals surface area contributed by atoms with E-state index in [2.05, 4.69) is 20.2 Å². The number of aliphatic imine (C=N–C) groups is 1. The molecule has 2 fully saturated rings. The van der Waals surface area contributed by atoms with Gasteiger partial charge in [0, 0.05) is 36.3 Å². The minimum Gasteiger partial charge on any atom is -0.318 e. The van der Waals surface area contributed by atoms with Crippen LogP contribution in [0.1, 0.15) is 64.7 Å². The fourth-order valence-electron chi connectivity index (χ4n) is 3.98. The third-order valence-corrected chi connectivity index (χ3v) is 5.78. The molecular formula is C18H26N4O2S. The second-order valence-electron chi connectivity index (χ2n) is 6.89. The lowest BCUT2D eigenvalue weighted by atomic mass is 9.88. The highest BCUT2D eigenvalue weighted by atomic mass is 32.1. The second kappa shape index (κ2) is 8.56. The second-order valence-corrected chi connectivity index (χ2v) is 7.79. The third kappa shape index (κ3) is 4.87. The molecule has 1 aromatic heterocycles. The summed E-state index contributed by atoms with van der Waals surface area (Å²) in [7, 11) is 0. The van der Waals surface area contributed by atoms with E-state index >= 15 is 0 Å². The lowest BCUT2D eigenvalue weighted by Crippen LogP contribution is -2.51. The van der Waals surface area contributed by atoms with Crippen molar-refractivity contribution in [1.29, 1.82) is 0 Å². The smallest absolute Gasteiger partial charge is 0.318 e. The number of urea groups is 1. The number of rotatable bonds is 3. The summed E-state index contributed by atoms with van der Waals surface area (Å²) in [5, 5.41) is 5.49. The van der Waals surface area contributed by atoms with Crippen LogP contribution in [0.4, 0.5) is 9.93 Å². The molecule has 1 heterocycles. The lowest BCUT2D eigenvalue weighted by Gasteiger charge is -2.41. The molecule has 0 radical (unpaired) electrons. The molecule has 2 aliphatic rings. The summed E-state index contributed by atoms with van der Waals surface area (Å²) in [6, 6.07) is 0.498. The van der Waals surface area contributed by atoms with Gasteiger partial charge in [-0.15, -0.1) is 11.3 Å². The molecule has 3 rings (SSSR count). The van der Waals surface area contributed by atoms with Gasteiger partial charge in [-0.25, -0.2) is 14.8 Å². The molecule has 2 saturated carbocycles. The first-order valence-electron chi connectivity index (χ1n) is 9.19. The Morgan fingerprint density at radius 3 is 2.44 bits per heavy atom. The normalized spacial score (nSPS) is 21.6. The molecule has 7 heteroatoms. The summed E-state index contributed by atoms with van der Waals surface area (Å²) in [6.07, 6.45) is 10.9. The quantitative estimate of drug-likeness (QED) is 0.874. The van der Waals surface area contributed by atoms with Crippen molar-refractivity contribution in [2.75, 3.05) is 5.32 Å². The molecule has 0 spiro atoms. The summed E-state index contributed by atoms with van der Waals surface area (Å²) in [5.74, 6) is -0.126. The third-order valence-electron chi connectivity index (χ3n) is 5.09. The number of anilines is 1. The zero-order valence-electron chi connectivity index (χ0n) is 14.7. The maximum absolute atomic E-state index is 13.0. The fraction of sp³-hybridized carbons (Fsp3) is 0.667. The number of thiazole rings is 1. The molecule has 6 nitrogen and oxygen atoms in total. The van der Waals surface area contributed by atoms with E-state index in [1.54, 1.807) is 6.20 Å². The van der Waals surface area contributed by atoms with E-state index in [1.165, 1.54) is 37.5 Å². The van der Waals surface area contributed by atoms with Gasteiger partial charge < -0.3 is 4.90 Å². The first-order valence-corrected chi connectivity index (χ1v) is 10.1. The molecule has 1 N–H and O–H groups in total. The number of amides is 3. The van der Waals surface area contributed by atoms with Crippen molar-refractivity contribution in [3.05, 3.63) is 11.6 Å². The van der Waals surface area contributed by atoms with Crippen LogP contribution < -0.4 is 5.32 Å². The van der Waals surface area contributed by atoms with E-state index in [1.807, 2.05) is 5.38 Å². The molecule has 25 heavy (non-hydrogen) atoms. The molecule has 0 unspecified atom stereocenters. The van der Waals surface area contributed by atoms with Gasteiger partial charge in [-0.1, -0.05) is 19.3 Å². The highest BCUT2D eigenvalue weighted by Gasteiger charge is 2.33. The maximum atomic E-state index is 13.0. The van der Waals surface area contributed by atoms with Gasteiger partial charge in [0.2, 0.25) is 5.91 Å². The van der Waals surface area contributed by atoms with Crippen molar-refractivity contribution in [3.8, 4) is 0 Å². The zero-order chi connectivity index (χ0) is 17.6. The summed E-state index contributed by atoms with van der Waals surface area (Å²) < 4.78 is 0. The minimum absolute atomic E-state index is 0.0289. The topological polar surface area (TPSA) is 74.7 Å². The summed E-state index contributed by atoms with van der Waals surface area (Å²) in [4.78, 5) is 34.5. The molecule has 0 atom stereocenters. The van der Waals surface area contributed by atoms with Crippen molar-refractivity contribution in [2.45, 2.75) is 76.8 Å². The molecule has 0 saturated heterocycles. The molecule has 0 aliphatic heterocycles. The fourth-order valence-corrected chi connectivity index (χ4v) is 4.50. The molecular weight excluding hydrogens is 336 g/mol. The number of carbonyl (C=O) groups excluding carboxylic acids is 2. The average molecular weight is 362 g/mol. The van der Waals surface area contributed by atoms with E-state index < -0.39 is 0 Å². The van der Waals surface area contributed by atoms with Crippen molar-refractivity contribution in [1.82, 2.24) is 9.88 Å². The number of carbonyl (C=O) groups is 2. The first-order chi connectivity index (χ1) is 12.1. The summed E-state index contributed by atoms with van der Waals surface area (Å²) in [5.41, 5.74) is 0.979. The van der Waals surface area contributed by atoms with E-state index in [0.717, 1.165) is 44.2 Å². The first kappa shape index (κ1) is 18.0. The van der Waals surface area contributed by atoms with Crippen LogP contribution in [0.2, 0.25) is 0 Å². The van der Waals surface area contributed by atoms with Crippen molar-refractivity contribution in [2.24, 2.45) is 4.99 Å². The van der Waals surface area contributed by atoms with Crippen LogP contribution in [0.3, 0.4) is 0 Å². The molecule has 1 aromatic rings. The van der Waals surface area contributed by atoms with E-state index in [0.29, 0.717) is 11.2 Å². The Kier molecular flexibility index (Phi) is 6.18. The summed E-state index contributed by atoms with van der Waals surface area (Å²) in [6.45, 7) is 1.49. The number of nitrogens with one attached hydrogen (secondary N) is 1. The Morgan fingerprint density at radius 2 is 1.84 bits per heavy atom. The average Bonchev–Trinajstić information content (AvgIpc) is 3.10. The van der Waals surface area contributed by atoms with Gasteiger partial charge in [-0.05, 0) is 38.5 Å². The monoisotopic (exact) mass is 362 g/mol. The predicted molar refractivity (Wildman–Crippen MR) is 100 cm³/mol. The van der Waals surface area contributed by atoms with E-state index in [4.69, 9.17) is 0 Å². The SMILES string of the molecule is CC(=O)N=C1CCC(N(C(=O)Nc2nccs2)C2CCCCC2)CC1. The van der Waals surface area contributed by atoms with Crippen molar-refractivity contribution in [3.63, 3.8) is 0 Å². The molecule has 0 bridgehead atoms. The maximum Gasteiger partial charge on any atom is 0.324 e. The van der Waals surface area contributed by atoms with Crippen LogP contribution in [-0.4, -0.2) is 39.6 Å². The Balaban J connectivity index is 1.70. The summed E-state index contributed by atoms with van der Waals surface area (Å²) >= 11 is 1.44. The molecule has 0 aromatic carbocycles. The van der Waals surface area contributed by atoms with Gasteiger partial charge in [0.1, 0.15) is 0 Å². The van der Waals surface area contributed by atoms with Gasteiger partial charge in [-0.3, -0.25) is 10.1 Å². The number of hydrogen-bond acceptors (Lipinski definition) is 4. The van der Waals surface area contributed by atoms with Crippen LogP contribution in [0, 0.1) is 0 Å². The zero-order valence-corrected chi connectivity index (χ0v) is 15.6. The predicted octanol–water partition coefficient (Wildman–Crippen LogP) is 4.24. The number of hydrogen-bond donors (Lipinski definition) is 1. The van der Waals surface area contributed by atoms with E-state index in [-0.39, 0.29) is 18.0 Å².